The minimum absolute atomic E-state index is 0.0567. The van der Waals surface area contributed by atoms with Gasteiger partial charge in [0.25, 0.3) is 0 Å². The summed E-state index contributed by atoms with van der Waals surface area (Å²) in [5.41, 5.74) is 4.03. The SMILES string of the molecule is CC1(C)CC(=O)CC(=[NH+]C[C@@H]2c3ccccc3CCN2C(=S)NC2CCCC2)C1. The molecule has 2 saturated carbocycles. The van der Waals surface area contributed by atoms with Crippen LogP contribution in [0.4, 0.5) is 0 Å². The monoisotopic (exact) mass is 412 g/mol. The maximum Gasteiger partial charge on any atom is 0.169 e. The van der Waals surface area contributed by atoms with Gasteiger partial charge in [0, 0.05) is 25.4 Å². The van der Waals surface area contributed by atoms with Crippen LogP contribution < -0.4 is 10.3 Å². The van der Waals surface area contributed by atoms with Crippen LogP contribution in [0.3, 0.4) is 0 Å². The normalized spacial score (nSPS) is 25.9. The van der Waals surface area contributed by atoms with Gasteiger partial charge in [-0.3, -0.25) is 4.79 Å². The molecule has 1 atom stereocenters. The zero-order valence-corrected chi connectivity index (χ0v) is 18.6. The zero-order chi connectivity index (χ0) is 20.4. The first kappa shape index (κ1) is 20.5. The van der Waals surface area contributed by atoms with E-state index < -0.39 is 0 Å². The number of fused-ring (bicyclic) bond motifs is 1. The van der Waals surface area contributed by atoms with E-state index in [-0.39, 0.29) is 11.5 Å². The third-order valence-corrected chi connectivity index (χ3v) is 7.03. The largest absolute Gasteiger partial charge is 0.360 e. The first-order valence-electron chi connectivity index (χ1n) is 11.2. The quantitative estimate of drug-likeness (QED) is 0.750. The lowest BCUT2D eigenvalue weighted by Crippen LogP contribution is -2.77. The number of Topliss-reactive ketones (excluding diaryl/α,β-unsaturated/α-hetero) is 1. The fourth-order valence-electron chi connectivity index (χ4n) is 5.35. The number of nitrogens with one attached hydrogen (secondary N) is 2. The molecule has 3 aliphatic rings. The molecule has 0 radical (unpaired) electrons. The van der Waals surface area contributed by atoms with Gasteiger partial charge in [0.15, 0.2) is 17.4 Å². The lowest BCUT2D eigenvalue weighted by Gasteiger charge is -2.38. The summed E-state index contributed by atoms with van der Waals surface area (Å²) in [5.74, 6) is 0.350. The van der Waals surface area contributed by atoms with Crippen molar-refractivity contribution in [2.75, 3.05) is 13.1 Å². The second kappa shape index (κ2) is 8.55. The van der Waals surface area contributed by atoms with E-state index in [0.29, 0.717) is 24.7 Å². The molecule has 5 heteroatoms. The zero-order valence-electron chi connectivity index (χ0n) is 17.8. The van der Waals surface area contributed by atoms with Gasteiger partial charge in [-0.1, -0.05) is 51.0 Å². The van der Waals surface area contributed by atoms with E-state index in [1.54, 1.807) is 0 Å². The average molecular weight is 413 g/mol. The number of thiocarbonyl (C=S) groups is 1. The van der Waals surface area contributed by atoms with Gasteiger partial charge in [0.2, 0.25) is 0 Å². The van der Waals surface area contributed by atoms with Crippen molar-refractivity contribution in [3.05, 3.63) is 35.4 Å². The highest BCUT2D eigenvalue weighted by atomic mass is 32.1. The second-order valence-corrected chi connectivity index (χ2v) is 10.2. The molecule has 1 heterocycles. The number of rotatable bonds is 3. The maximum absolute atomic E-state index is 12.2. The Morgan fingerprint density at radius 1 is 1.24 bits per heavy atom. The summed E-state index contributed by atoms with van der Waals surface area (Å²) < 4.78 is 0. The molecular formula is C24H34N3OS+. The van der Waals surface area contributed by atoms with Crippen molar-refractivity contribution in [3.8, 4) is 0 Å². The van der Waals surface area contributed by atoms with Gasteiger partial charge in [0.05, 0.1) is 6.42 Å². The standard InChI is InChI=1S/C24H33N3OS/c1-24(2)14-19(13-20(28)15-24)25-16-22-21-10-6-3-7-17(21)11-12-27(22)23(29)26-18-8-4-5-9-18/h3,6-7,10,18,22H,4-5,8-9,11-16H2,1-2H3,(H,26,29)/p+1/t22-/m1/s1. The van der Waals surface area contributed by atoms with Crippen LogP contribution in [0.2, 0.25) is 0 Å². The topological polar surface area (TPSA) is 46.3 Å². The van der Waals surface area contributed by atoms with Gasteiger partial charge in [-0.05, 0) is 48.0 Å². The molecule has 0 spiro atoms. The molecule has 29 heavy (non-hydrogen) atoms. The molecule has 2 aliphatic carbocycles. The molecule has 1 aliphatic heterocycles. The molecule has 0 saturated heterocycles. The van der Waals surface area contributed by atoms with Crippen LogP contribution >= 0.6 is 12.2 Å². The first-order chi connectivity index (χ1) is 13.9. The van der Waals surface area contributed by atoms with Gasteiger partial charge in [-0.2, -0.15) is 0 Å². The highest BCUT2D eigenvalue weighted by Crippen LogP contribution is 2.31. The molecule has 0 unspecified atom stereocenters. The number of carbonyl (C=O) groups is 1. The molecule has 0 bridgehead atoms. The summed E-state index contributed by atoms with van der Waals surface area (Å²) >= 11 is 5.87. The lowest BCUT2D eigenvalue weighted by atomic mass is 9.76. The summed E-state index contributed by atoms with van der Waals surface area (Å²) in [6.07, 6.45) is 8.31. The molecule has 0 aromatic heterocycles. The van der Waals surface area contributed by atoms with Gasteiger partial charge < -0.3 is 10.2 Å². The van der Waals surface area contributed by atoms with Crippen molar-refractivity contribution in [1.29, 1.82) is 0 Å². The third-order valence-electron chi connectivity index (χ3n) is 6.68. The Morgan fingerprint density at radius 2 is 2.00 bits per heavy atom. The molecule has 4 rings (SSSR count). The number of hydrogen-bond acceptors (Lipinski definition) is 2. The maximum atomic E-state index is 12.2. The van der Waals surface area contributed by atoms with Crippen molar-refractivity contribution >= 4 is 28.8 Å². The molecule has 156 valence electrons. The van der Waals surface area contributed by atoms with Crippen LogP contribution in [-0.4, -0.2) is 40.6 Å². The molecule has 2 fully saturated rings. The van der Waals surface area contributed by atoms with Crippen LogP contribution in [0.5, 0.6) is 0 Å². The van der Waals surface area contributed by atoms with E-state index in [0.717, 1.165) is 31.0 Å². The summed E-state index contributed by atoms with van der Waals surface area (Å²) in [4.78, 5) is 18.2. The molecular weight excluding hydrogens is 378 g/mol. The van der Waals surface area contributed by atoms with Crippen LogP contribution in [0.25, 0.3) is 0 Å². The fourth-order valence-corrected chi connectivity index (χ4v) is 5.73. The number of benzene rings is 1. The van der Waals surface area contributed by atoms with Gasteiger partial charge >= 0.3 is 0 Å². The summed E-state index contributed by atoms with van der Waals surface area (Å²) in [7, 11) is 0. The van der Waals surface area contributed by atoms with Crippen molar-refractivity contribution in [2.45, 2.75) is 77.3 Å². The van der Waals surface area contributed by atoms with Gasteiger partial charge in [-0.25, -0.2) is 4.99 Å². The van der Waals surface area contributed by atoms with Crippen LogP contribution in [0.1, 0.15) is 76.0 Å². The number of ketones is 1. The fraction of sp³-hybridized carbons (Fsp3) is 0.625. The van der Waals surface area contributed by atoms with Gasteiger partial charge in [-0.15, -0.1) is 0 Å². The Labute approximate surface area is 180 Å². The Morgan fingerprint density at radius 3 is 2.76 bits per heavy atom. The highest BCUT2D eigenvalue weighted by Gasteiger charge is 2.35. The van der Waals surface area contributed by atoms with Crippen molar-refractivity contribution in [2.24, 2.45) is 5.41 Å². The molecule has 1 aromatic rings. The minimum Gasteiger partial charge on any atom is -0.360 e. The van der Waals surface area contributed by atoms with E-state index in [4.69, 9.17) is 12.2 Å². The van der Waals surface area contributed by atoms with E-state index in [1.807, 2.05) is 0 Å². The van der Waals surface area contributed by atoms with Crippen LogP contribution in [-0.2, 0) is 11.2 Å². The Balaban J connectivity index is 1.55. The van der Waals surface area contributed by atoms with E-state index in [9.17, 15) is 4.79 Å². The van der Waals surface area contributed by atoms with Crippen LogP contribution in [0, 0.1) is 5.41 Å². The molecule has 4 nitrogen and oxygen atoms in total. The third kappa shape index (κ3) is 4.88. The second-order valence-electron chi connectivity index (χ2n) is 9.81. The van der Waals surface area contributed by atoms with E-state index in [2.05, 4.69) is 53.3 Å². The van der Waals surface area contributed by atoms with E-state index in [1.165, 1.54) is 42.5 Å². The Hall–Kier alpha value is -1.75. The van der Waals surface area contributed by atoms with Gasteiger partial charge in [0.1, 0.15) is 11.8 Å². The summed E-state index contributed by atoms with van der Waals surface area (Å²) in [6.45, 7) is 6.12. The van der Waals surface area contributed by atoms with Crippen molar-refractivity contribution in [1.82, 2.24) is 10.2 Å². The smallest absolute Gasteiger partial charge is 0.169 e. The average Bonchev–Trinajstić information content (AvgIpc) is 3.17. The predicted octanol–water partition coefficient (Wildman–Crippen LogP) is 2.70. The van der Waals surface area contributed by atoms with Crippen molar-refractivity contribution < 1.29 is 9.79 Å². The first-order valence-corrected chi connectivity index (χ1v) is 11.6. The molecule has 2 N–H and O–H groups in total. The van der Waals surface area contributed by atoms with Crippen molar-refractivity contribution in [3.63, 3.8) is 0 Å². The minimum atomic E-state index is 0.0567. The van der Waals surface area contributed by atoms with E-state index >= 15 is 0 Å². The molecule has 1 aromatic carbocycles. The summed E-state index contributed by atoms with van der Waals surface area (Å²) in [6, 6.07) is 9.47. The number of hydrogen-bond donors (Lipinski definition) is 2. The lowest BCUT2D eigenvalue weighted by molar-refractivity contribution is -0.468. The number of carbonyl (C=O) groups excluding carboxylic acids is 1. The summed E-state index contributed by atoms with van der Waals surface area (Å²) in [5, 5.41) is 4.53. The highest BCUT2D eigenvalue weighted by molar-refractivity contribution is 7.80. The molecule has 0 amide bonds. The Kier molecular flexibility index (Phi) is 6.05. The number of nitrogens with zero attached hydrogens (tertiary/aromatic N) is 1. The Bertz CT molecular complexity index is 810. The predicted molar refractivity (Wildman–Crippen MR) is 121 cm³/mol. The van der Waals surface area contributed by atoms with Crippen LogP contribution in [0.15, 0.2) is 24.3 Å².